The van der Waals surface area contributed by atoms with Crippen LogP contribution in [-0.4, -0.2) is 15.1 Å². The smallest absolute Gasteiger partial charge is 0.262 e. The van der Waals surface area contributed by atoms with Crippen molar-refractivity contribution in [1.29, 1.82) is 0 Å². The van der Waals surface area contributed by atoms with E-state index in [1.807, 2.05) is 13.8 Å². The molecule has 0 aliphatic rings. The van der Waals surface area contributed by atoms with E-state index in [2.05, 4.69) is 9.97 Å². The number of hydrogen-bond donors (Lipinski definition) is 2. The van der Waals surface area contributed by atoms with E-state index in [1.54, 1.807) is 24.3 Å². The number of H-pyrrole nitrogens is 1. The Bertz CT molecular complexity index is 650. The number of aromatic nitrogens is 2. The van der Waals surface area contributed by atoms with E-state index in [9.17, 15) is 9.90 Å². The molecule has 0 atom stereocenters. The van der Waals surface area contributed by atoms with Gasteiger partial charge in [0.2, 0.25) is 5.88 Å². The van der Waals surface area contributed by atoms with Gasteiger partial charge in [-0.3, -0.25) is 4.79 Å². The maximum atomic E-state index is 12.1. The van der Waals surface area contributed by atoms with E-state index >= 15 is 0 Å². The van der Waals surface area contributed by atoms with Gasteiger partial charge in [0.1, 0.15) is 11.4 Å². The molecular formula is C14H15ClN2O2. The van der Waals surface area contributed by atoms with Gasteiger partial charge >= 0.3 is 0 Å². The van der Waals surface area contributed by atoms with Crippen molar-refractivity contribution in [2.45, 2.75) is 20.3 Å². The molecule has 2 aromatic rings. The molecule has 0 aliphatic carbocycles. The van der Waals surface area contributed by atoms with Crippen LogP contribution >= 0.6 is 11.6 Å². The summed E-state index contributed by atoms with van der Waals surface area (Å²) in [5.74, 6) is 0.537. The summed E-state index contributed by atoms with van der Waals surface area (Å²) in [5.41, 5.74) is 0.209. The molecule has 0 bridgehead atoms. The molecule has 19 heavy (non-hydrogen) atoms. The SMILES string of the molecule is CC(C)Cc1nc(O)c(-c2ccccc2Cl)c(=O)[nH]1. The summed E-state index contributed by atoms with van der Waals surface area (Å²) in [5, 5.41) is 10.4. The number of benzene rings is 1. The van der Waals surface area contributed by atoms with Crippen LogP contribution < -0.4 is 5.56 Å². The molecule has 2 N–H and O–H groups in total. The minimum Gasteiger partial charge on any atom is -0.493 e. The molecule has 1 heterocycles. The standard InChI is InChI=1S/C14H15ClN2O2/c1-8(2)7-11-16-13(18)12(14(19)17-11)9-5-3-4-6-10(9)15/h3-6,8H,7H2,1-2H3,(H2,16,17,18,19). The van der Waals surface area contributed by atoms with Crippen molar-refractivity contribution < 1.29 is 5.11 Å². The number of aromatic hydroxyl groups is 1. The molecule has 0 fully saturated rings. The first-order valence-corrected chi connectivity index (χ1v) is 6.44. The molecule has 4 nitrogen and oxygen atoms in total. The summed E-state index contributed by atoms with van der Waals surface area (Å²) in [6, 6.07) is 6.86. The first-order valence-electron chi connectivity index (χ1n) is 6.06. The fourth-order valence-corrected chi connectivity index (χ4v) is 2.13. The Kier molecular flexibility index (Phi) is 3.90. The van der Waals surface area contributed by atoms with E-state index in [-0.39, 0.29) is 17.0 Å². The van der Waals surface area contributed by atoms with E-state index in [0.717, 1.165) is 0 Å². The van der Waals surface area contributed by atoms with Crippen molar-refractivity contribution in [3.05, 3.63) is 45.5 Å². The Labute approximate surface area is 116 Å². The second-order valence-electron chi connectivity index (χ2n) is 4.79. The molecule has 1 aromatic heterocycles. The predicted molar refractivity (Wildman–Crippen MR) is 75.5 cm³/mol. The molecule has 0 spiro atoms. The molecule has 2 rings (SSSR count). The maximum Gasteiger partial charge on any atom is 0.262 e. The monoisotopic (exact) mass is 278 g/mol. The highest BCUT2D eigenvalue weighted by molar-refractivity contribution is 6.33. The molecule has 1 aromatic carbocycles. The van der Waals surface area contributed by atoms with Crippen LogP contribution in [0.25, 0.3) is 11.1 Å². The maximum absolute atomic E-state index is 12.1. The highest BCUT2D eigenvalue weighted by atomic mass is 35.5. The third-order valence-electron chi connectivity index (χ3n) is 2.69. The quantitative estimate of drug-likeness (QED) is 0.907. The van der Waals surface area contributed by atoms with Crippen molar-refractivity contribution in [2.75, 3.05) is 0 Å². The van der Waals surface area contributed by atoms with Gasteiger partial charge in [0, 0.05) is 17.0 Å². The Hall–Kier alpha value is -1.81. The Morgan fingerprint density at radius 1 is 1.37 bits per heavy atom. The van der Waals surface area contributed by atoms with Crippen LogP contribution in [0.4, 0.5) is 0 Å². The van der Waals surface area contributed by atoms with Crippen molar-refractivity contribution >= 4 is 11.6 Å². The van der Waals surface area contributed by atoms with Gasteiger partial charge in [-0.05, 0) is 12.0 Å². The zero-order chi connectivity index (χ0) is 14.0. The van der Waals surface area contributed by atoms with E-state index in [1.165, 1.54) is 0 Å². The van der Waals surface area contributed by atoms with E-state index in [4.69, 9.17) is 11.6 Å². The molecule has 0 unspecified atom stereocenters. The van der Waals surface area contributed by atoms with E-state index in [0.29, 0.717) is 28.7 Å². The first-order chi connectivity index (χ1) is 8.99. The number of nitrogens with one attached hydrogen (secondary N) is 1. The number of nitrogens with zero attached hydrogens (tertiary/aromatic N) is 1. The lowest BCUT2D eigenvalue weighted by atomic mass is 10.1. The molecule has 0 saturated carbocycles. The third kappa shape index (κ3) is 2.96. The molecule has 0 aliphatic heterocycles. The fraction of sp³-hybridized carbons (Fsp3) is 0.286. The summed E-state index contributed by atoms with van der Waals surface area (Å²) >= 11 is 6.04. The number of hydrogen-bond acceptors (Lipinski definition) is 3. The Balaban J connectivity index is 2.55. The molecule has 0 amide bonds. The van der Waals surface area contributed by atoms with Crippen LogP contribution in [0.1, 0.15) is 19.7 Å². The zero-order valence-corrected chi connectivity index (χ0v) is 11.5. The number of halogens is 1. The molecule has 100 valence electrons. The van der Waals surface area contributed by atoms with Gasteiger partial charge in [-0.1, -0.05) is 43.6 Å². The molecule has 5 heteroatoms. The Morgan fingerprint density at radius 2 is 2.05 bits per heavy atom. The van der Waals surface area contributed by atoms with Crippen LogP contribution in [-0.2, 0) is 6.42 Å². The normalized spacial score (nSPS) is 10.9. The van der Waals surface area contributed by atoms with Crippen molar-refractivity contribution in [1.82, 2.24) is 9.97 Å². The zero-order valence-electron chi connectivity index (χ0n) is 10.8. The summed E-state index contributed by atoms with van der Waals surface area (Å²) in [6.45, 7) is 4.03. The topological polar surface area (TPSA) is 66.0 Å². The molecule has 0 radical (unpaired) electrons. The predicted octanol–water partition coefficient (Wildman–Crippen LogP) is 2.99. The second-order valence-corrected chi connectivity index (χ2v) is 5.20. The Morgan fingerprint density at radius 3 is 2.63 bits per heavy atom. The van der Waals surface area contributed by atoms with E-state index < -0.39 is 0 Å². The van der Waals surface area contributed by atoms with Crippen molar-refractivity contribution in [3.63, 3.8) is 0 Å². The lowest BCUT2D eigenvalue weighted by Crippen LogP contribution is -2.15. The average Bonchev–Trinajstić information content (AvgIpc) is 2.29. The lowest BCUT2D eigenvalue weighted by Gasteiger charge is -2.08. The highest BCUT2D eigenvalue weighted by Crippen LogP contribution is 2.29. The third-order valence-corrected chi connectivity index (χ3v) is 3.02. The summed E-state index contributed by atoms with van der Waals surface area (Å²) in [4.78, 5) is 18.8. The first kappa shape index (κ1) is 13.6. The van der Waals surface area contributed by atoms with Crippen LogP contribution in [0.2, 0.25) is 5.02 Å². The van der Waals surface area contributed by atoms with Crippen molar-refractivity contribution in [2.24, 2.45) is 5.92 Å². The van der Waals surface area contributed by atoms with Crippen molar-refractivity contribution in [3.8, 4) is 17.0 Å². The van der Waals surface area contributed by atoms with Gasteiger partial charge in [0.25, 0.3) is 5.56 Å². The summed E-state index contributed by atoms with van der Waals surface area (Å²) in [6.07, 6.45) is 0.603. The van der Waals surface area contributed by atoms with Gasteiger partial charge in [-0.15, -0.1) is 0 Å². The van der Waals surface area contributed by atoms with Gasteiger partial charge in [0.05, 0.1) is 0 Å². The highest BCUT2D eigenvalue weighted by Gasteiger charge is 2.15. The molecule has 0 saturated heterocycles. The van der Waals surface area contributed by atoms with Gasteiger partial charge in [0.15, 0.2) is 0 Å². The second kappa shape index (κ2) is 5.45. The molecular weight excluding hydrogens is 264 g/mol. The van der Waals surface area contributed by atoms with Crippen LogP contribution in [0.15, 0.2) is 29.1 Å². The lowest BCUT2D eigenvalue weighted by molar-refractivity contribution is 0.447. The minimum atomic E-state index is -0.378. The van der Waals surface area contributed by atoms with Crippen LogP contribution in [0, 0.1) is 5.92 Å². The largest absolute Gasteiger partial charge is 0.493 e. The van der Waals surface area contributed by atoms with Gasteiger partial charge < -0.3 is 10.1 Å². The number of aromatic amines is 1. The van der Waals surface area contributed by atoms with Gasteiger partial charge in [-0.25, -0.2) is 0 Å². The minimum absolute atomic E-state index is 0.109. The van der Waals surface area contributed by atoms with Crippen LogP contribution in [0.3, 0.4) is 0 Å². The summed E-state index contributed by atoms with van der Waals surface area (Å²) < 4.78 is 0. The fourth-order valence-electron chi connectivity index (χ4n) is 1.90. The van der Waals surface area contributed by atoms with Crippen LogP contribution in [0.5, 0.6) is 5.88 Å². The average molecular weight is 279 g/mol. The summed E-state index contributed by atoms with van der Waals surface area (Å²) in [7, 11) is 0. The number of rotatable bonds is 3. The van der Waals surface area contributed by atoms with Gasteiger partial charge in [-0.2, -0.15) is 4.98 Å².